The van der Waals surface area contributed by atoms with Crippen LogP contribution in [0.4, 0.5) is 0 Å². The first-order valence-electron chi connectivity index (χ1n) is 6.87. The number of aliphatic hydroxyl groups is 1. The van der Waals surface area contributed by atoms with E-state index in [0.29, 0.717) is 17.9 Å². The second-order valence-electron chi connectivity index (χ2n) is 5.22. The lowest BCUT2D eigenvalue weighted by atomic mass is 9.97. The third-order valence-corrected chi connectivity index (χ3v) is 3.56. The summed E-state index contributed by atoms with van der Waals surface area (Å²) in [6.45, 7) is 4.17. The lowest BCUT2D eigenvalue weighted by Crippen LogP contribution is -2.45. The van der Waals surface area contributed by atoms with E-state index in [1.54, 1.807) is 36.3 Å². The topological polar surface area (TPSA) is 66.8 Å². The third kappa shape index (κ3) is 2.91. The molecule has 1 aromatic rings. The highest BCUT2D eigenvalue weighted by Gasteiger charge is 2.34. The molecule has 1 aliphatic rings. The average Bonchev–Trinajstić information content (AvgIpc) is 2.46. The van der Waals surface area contributed by atoms with Crippen molar-refractivity contribution in [3.8, 4) is 5.75 Å². The van der Waals surface area contributed by atoms with Crippen molar-refractivity contribution in [2.24, 2.45) is 0 Å². The van der Waals surface area contributed by atoms with Crippen LogP contribution >= 0.6 is 0 Å². The zero-order chi connectivity index (χ0) is 15.6. The van der Waals surface area contributed by atoms with Crippen molar-refractivity contribution in [3.63, 3.8) is 0 Å². The number of hydrogen-bond acceptors (Lipinski definition) is 4. The molecular formula is C16H19NO4. The van der Waals surface area contributed by atoms with Crippen LogP contribution in [0, 0.1) is 0 Å². The van der Waals surface area contributed by atoms with E-state index in [-0.39, 0.29) is 29.6 Å². The van der Waals surface area contributed by atoms with Crippen molar-refractivity contribution in [3.05, 3.63) is 35.4 Å². The van der Waals surface area contributed by atoms with E-state index in [2.05, 4.69) is 0 Å². The van der Waals surface area contributed by atoms with Gasteiger partial charge in [0.1, 0.15) is 17.1 Å². The van der Waals surface area contributed by atoms with Crippen LogP contribution in [0.25, 0.3) is 5.76 Å². The highest BCUT2D eigenvalue weighted by Crippen LogP contribution is 2.25. The molecule has 0 aliphatic carbocycles. The number of benzene rings is 1. The molecule has 0 bridgehead atoms. The number of nitrogens with zero attached hydrogens (tertiary/aromatic N) is 1. The van der Waals surface area contributed by atoms with Gasteiger partial charge in [0, 0.05) is 24.6 Å². The van der Waals surface area contributed by atoms with Crippen LogP contribution in [0.15, 0.2) is 29.8 Å². The minimum atomic E-state index is -0.408. The number of piperidine rings is 1. The number of carbonyl (C=O) groups is 2. The molecule has 0 spiro atoms. The quantitative estimate of drug-likeness (QED) is 0.526. The minimum absolute atomic E-state index is 0.00994. The Kier molecular flexibility index (Phi) is 4.31. The van der Waals surface area contributed by atoms with Gasteiger partial charge < -0.3 is 14.7 Å². The number of likely N-dealkylation sites (tertiary alicyclic amines) is 1. The lowest BCUT2D eigenvalue weighted by Gasteiger charge is -2.31. The van der Waals surface area contributed by atoms with Crippen LogP contribution in [0.2, 0.25) is 0 Å². The molecule has 0 atom stereocenters. The van der Waals surface area contributed by atoms with Crippen molar-refractivity contribution in [2.45, 2.75) is 26.3 Å². The van der Waals surface area contributed by atoms with Crippen LogP contribution in [-0.2, 0) is 9.59 Å². The molecule has 1 saturated heterocycles. The molecular weight excluding hydrogens is 270 g/mol. The maximum Gasteiger partial charge on any atom is 0.261 e. The molecule has 0 saturated carbocycles. The molecule has 1 aromatic carbocycles. The molecule has 0 unspecified atom stereocenters. The standard InChI is InChI=1S/C16H19NO4/c1-10(2)17-9-8-13(18)14(16(17)20)15(19)11-4-6-12(21-3)7-5-11/h4-7,10,19H,8-9H2,1-3H3/b15-14-. The number of methoxy groups -OCH3 is 1. The van der Waals surface area contributed by atoms with Gasteiger partial charge in [0.15, 0.2) is 5.78 Å². The molecule has 0 radical (unpaired) electrons. The number of amides is 1. The summed E-state index contributed by atoms with van der Waals surface area (Å²) in [5, 5.41) is 10.3. The van der Waals surface area contributed by atoms with E-state index in [4.69, 9.17) is 4.74 Å². The molecule has 1 amide bonds. The van der Waals surface area contributed by atoms with Gasteiger partial charge in [-0.1, -0.05) is 0 Å². The first-order chi connectivity index (χ1) is 9.95. The van der Waals surface area contributed by atoms with Gasteiger partial charge >= 0.3 is 0 Å². The SMILES string of the molecule is COc1ccc(/C(O)=C2\C(=O)CCN(C(C)C)C2=O)cc1. The molecule has 1 N–H and O–H groups in total. The summed E-state index contributed by atoms with van der Waals surface area (Å²) >= 11 is 0. The van der Waals surface area contributed by atoms with Gasteiger partial charge in [-0.3, -0.25) is 9.59 Å². The largest absolute Gasteiger partial charge is 0.506 e. The maximum atomic E-state index is 12.4. The van der Waals surface area contributed by atoms with Gasteiger partial charge in [0.25, 0.3) is 5.91 Å². The van der Waals surface area contributed by atoms with Crippen LogP contribution < -0.4 is 4.74 Å². The van der Waals surface area contributed by atoms with Crippen molar-refractivity contribution >= 4 is 17.4 Å². The van der Waals surface area contributed by atoms with Crippen molar-refractivity contribution in [1.29, 1.82) is 0 Å². The normalized spacial score (nSPS) is 18.2. The molecule has 0 aromatic heterocycles. The van der Waals surface area contributed by atoms with Crippen molar-refractivity contribution in [2.75, 3.05) is 13.7 Å². The summed E-state index contributed by atoms with van der Waals surface area (Å²) in [6.07, 6.45) is 0.236. The van der Waals surface area contributed by atoms with Crippen LogP contribution in [0.5, 0.6) is 5.75 Å². The zero-order valence-corrected chi connectivity index (χ0v) is 12.4. The Balaban J connectivity index is 2.42. The first kappa shape index (κ1) is 15.1. The molecule has 112 valence electrons. The summed E-state index contributed by atoms with van der Waals surface area (Å²) < 4.78 is 5.05. The van der Waals surface area contributed by atoms with E-state index in [9.17, 15) is 14.7 Å². The summed E-state index contributed by atoms with van der Waals surface area (Å²) in [5.74, 6) is -0.348. The fourth-order valence-electron chi connectivity index (χ4n) is 2.33. The number of carbonyl (C=O) groups excluding carboxylic acids is 2. The maximum absolute atomic E-state index is 12.4. The first-order valence-corrected chi connectivity index (χ1v) is 6.87. The smallest absolute Gasteiger partial charge is 0.261 e. The fraction of sp³-hybridized carbons (Fsp3) is 0.375. The Bertz CT molecular complexity index is 587. The summed E-state index contributed by atoms with van der Waals surface area (Å²) in [6, 6.07) is 6.57. The Labute approximate surface area is 123 Å². The van der Waals surface area contributed by atoms with Gasteiger partial charge in [0.2, 0.25) is 0 Å². The number of ketones is 1. The Morgan fingerprint density at radius 2 is 1.86 bits per heavy atom. The Hall–Kier alpha value is -2.30. The van der Waals surface area contributed by atoms with E-state index in [1.807, 2.05) is 13.8 Å². The second-order valence-corrected chi connectivity index (χ2v) is 5.22. The molecule has 5 heteroatoms. The third-order valence-electron chi connectivity index (χ3n) is 3.56. The minimum Gasteiger partial charge on any atom is -0.506 e. The number of hydrogen-bond donors (Lipinski definition) is 1. The zero-order valence-electron chi connectivity index (χ0n) is 12.4. The van der Waals surface area contributed by atoms with Gasteiger partial charge in [0.05, 0.1) is 7.11 Å². The van der Waals surface area contributed by atoms with Crippen LogP contribution in [0.3, 0.4) is 0 Å². The molecule has 5 nitrogen and oxygen atoms in total. The molecule has 1 aliphatic heterocycles. The van der Waals surface area contributed by atoms with Gasteiger partial charge in [-0.05, 0) is 38.1 Å². The fourth-order valence-corrected chi connectivity index (χ4v) is 2.33. The van der Waals surface area contributed by atoms with E-state index < -0.39 is 5.91 Å². The number of rotatable bonds is 3. The van der Waals surface area contributed by atoms with Gasteiger partial charge in [-0.15, -0.1) is 0 Å². The highest BCUT2D eigenvalue weighted by atomic mass is 16.5. The highest BCUT2D eigenvalue weighted by molar-refractivity contribution is 6.25. The average molecular weight is 289 g/mol. The van der Waals surface area contributed by atoms with Crippen molar-refractivity contribution < 1.29 is 19.4 Å². The molecule has 2 rings (SSSR count). The van der Waals surface area contributed by atoms with Crippen molar-refractivity contribution in [1.82, 2.24) is 4.90 Å². The Morgan fingerprint density at radius 3 is 2.38 bits per heavy atom. The van der Waals surface area contributed by atoms with Crippen LogP contribution in [-0.4, -0.2) is 41.4 Å². The van der Waals surface area contributed by atoms with E-state index in [1.165, 1.54) is 0 Å². The number of aliphatic hydroxyl groups excluding tert-OH is 1. The predicted octanol–water partition coefficient (Wildman–Crippen LogP) is 2.17. The lowest BCUT2D eigenvalue weighted by molar-refractivity contribution is -0.134. The van der Waals surface area contributed by atoms with Crippen LogP contribution in [0.1, 0.15) is 25.8 Å². The number of ether oxygens (including phenoxy) is 1. The molecule has 21 heavy (non-hydrogen) atoms. The summed E-state index contributed by atoms with van der Waals surface area (Å²) in [7, 11) is 1.54. The monoisotopic (exact) mass is 289 g/mol. The second kappa shape index (κ2) is 5.99. The summed E-state index contributed by atoms with van der Waals surface area (Å²) in [5.41, 5.74) is 0.304. The predicted molar refractivity (Wildman–Crippen MR) is 79.0 cm³/mol. The number of Topliss-reactive ketones (excluding diaryl/α,β-unsaturated/α-hetero) is 1. The van der Waals surface area contributed by atoms with Gasteiger partial charge in [-0.2, -0.15) is 0 Å². The molecule has 1 fully saturated rings. The van der Waals surface area contributed by atoms with Gasteiger partial charge in [-0.25, -0.2) is 0 Å². The Morgan fingerprint density at radius 1 is 1.24 bits per heavy atom. The summed E-state index contributed by atoms with van der Waals surface area (Å²) in [4.78, 5) is 26.0. The van der Waals surface area contributed by atoms with E-state index in [0.717, 1.165) is 0 Å². The molecule has 1 heterocycles. The van der Waals surface area contributed by atoms with E-state index >= 15 is 0 Å².